The topological polar surface area (TPSA) is 118 Å². The number of amides is 1. The lowest BCUT2D eigenvalue weighted by molar-refractivity contribution is 0.102. The molecule has 1 aromatic heterocycles. The van der Waals surface area contributed by atoms with Gasteiger partial charge in [0.15, 0.2) is 9.84 Å². The standard InChI is InChI=1S/C19H24N4O5S2/c1-14-12-18(23(21-14)16-8-11-29(25,26)13-16)20-19(24)15-4-6-17(7-5-15)30(27,28)22-9-2-3-10-22/h4-7,12,16H,2-3,8-11,13H2,1H3,(H,20,24). The highest BCUT2D eigenvalue weighted by Gasteiger charge is 2.31. The molecule has 1 amide bonds. The lowest BCUT2D eigenvalue weighted by atomic mass is 10.2. The number of benzene rings is 1. The van der Waals surface area contributed by atoms with Gasteiger partial charge in [0.1, 0.15) is 5.82 Å². The molecule has 11 heteroatoms. The van der Waals surface area contributed by atoms with Crippen LogP contribution >= 0.6 is 0 Å². The monoisotopic (exact) mass is 452 g/mol. The number of rotatable bonds is 5. The Hall–Kier alpha value is -2.24. The molecular formula is C19H24N4O5S2. The lowest BCUT2D eigenvalue weighted by Crippen LogP contribution is -2.27. The highest BCUT2D eigenvalue weighted by molar-refractivity contribution is 7.91. The Morgan fingerprint density at radius 3 is 2.43 bits per heavy atom. The average Bonchev–Trinajstić information content (AvgIpc) is 3.42. The van der Waals surface area contributed by atoms with Gasteiger partial charge in [0.2, 0.25) is 10.0 Å². The van der Waals surface area contributed by atoms with Crippen molar-refractivity contribution in [3.05, 3.63) is 41.6 Å². The summed E-state index contributed by atoms with van der Waals surface area (Å²) >= 11 is 0. The summed E-state index contributed by atoms with van der Waals surface area (Å²) in [5.41, 5.74) is 0.974. The molecule has 2 aliphatic heterocycles. The third kappa shape index (κ3) is 4.14. The zero-order valence-electron chi connectivity index (χ0n) is 16.6. The number of aryl methyl sites for hydroxylation is 1. The van der Waals surface area contributed by atoms with Crippen LogP contribution in [0.1, 0.15) is 41.4 Å². The highest BCUT2D eigenvalue weighted by Crippen LogP contribution is 2.27. The molecule has 3 heterocycles. The van der Waals surface area contributed by atoms with Gasteiger partial charge in [-0.2, -0.15) is 9.40 Å². The fraction of sp³-hybridized carbons (Fsp3) is 0.474. The summed E-state index contributed by atoms with van der Waals surface area (Å²) in [6.45, 7) is 2.81. The molecule has 2 fully saturated rings. The predicted molar refractivity (Wildman–Crippen MR) is 112 cm³/mol. The maximum absolute atomic E-state index is 12.7. The number of anilines is 1. The van der Waals surface area contributed by atoms with Gasteiger partial charge in [0, 0.05) is 24.7 Å². The van der Waals surface area contributed by atoms with Crippen molar-refractivity contribution in [3.8, 4) is 0 Å². The van der Waals surface area contributed by atoms with Crippen LogP contribution in [0.2, 0.25) is 0 Å². The van der Waals surface area contributed by atoms with E-state index in [1.165, 1.54) is 28.6 Å². The zero-order valence-corrected chi connectivity index (χ0v) is 18.2. The fourth-order valence-corrected chi connectivity index (χ4v) is 7.11. The molecular weight excluding hydrogens is 428 g/mol. The Bertz CT molecular complexity index is 1160. The van der Waals surface area contributed by atoms with E-state index in [1.807, 2.05) is 0 Å². The van der Waals surface area contributed by atoms with Crippen LogP contribution in [0.3, 0.4) is 0 Å². The van der Waals surface area contributed by atoms with E-state index in [4.69, 9.17) is 0 Å². The van der Waals surface area contributed by atoms with Crippen LogP contribution in [0.4, 0.5) is 5.82 Å². The number of hydrogen-bond acceptors (Lipinski definition) is 6. The van der Waals surface area contributed by atoms with Gasteiger partial charge in [0.25, 0.3) is 5.91 Å². The molecule has 0 aliphatic carbocycles. The quantitative estimate of drug-likeness (QED) is 0.736. The summed E-state index contributed by atoms with van der Waals surface area (Å²) in [5.74, 6) is 0.118. The van der Waals surface area contributed by atoms with Crippen molar-refractivity contribution in [2.45, 2.75) is 37.1 Å². The van der Waals surface area contributed by atoms with E-state index < -0.39 is 25.8 Å². The first-order valence-electron chi connectivity index (χ1n) is 9.84. The maximum Gasteiger partial charge on any atom is 0.256 e. The first kappa shape index (κ1) is 21.0. The number of nitrogens with one attached hydrogen (secondary N) is 1. The number of sulfonamides is 1. The van der Waals surface area contributed by atoms with E-state index in [-0.39, 0.29) is 22.4 Å². The summed E-state index contributed by atoms with van der Waals surface area (Å²) in [6.07, 6.45) is 2.17. The largest absolute Gasteiger partial charge is 0.307 e. The van der Waals surface area contributed by atoms with Crippen LogP contribution in [0.5, 0.6) is 0 Å². The van der Waals surface area contributed by atoms with E-state index >= 15 is 0 Å². The molecule has 1 aromatic carbocycles. The van der Waals surface area contributed by atoms with Crippen molar-refractivity contribution in [2.75, 3.05) is 29.9 Å². The molecule has 0 radical (unpaired) electrons. The molecule has 162 valence electrons. The molecule has 1 N–H and O–H groups in total. The van der Waals surface area contributed by atoms with Crippen molar-refractivity contribution in [2.24, 2.45) is 0 Å². The normalized spacial score (nSPS) is 21.7. The maximum atomic E-state index is 12.7. The first-order valence-corrected chi connectivity index (χ1v) is 13.1. The third-order valence-electron chi connectivity index (χ3n) is 5.47. The van der Waals surface area contributed by atoms with Crippen LogP contribution in [-0.4, -0.2) is 61.4 Å². The fourth-order valence-electron chi connectivity index (χ4n) is 3.90. The summed E-state index contributed by atoms with van der Waals surface area (Å²) in [4.78, 5) is 12.9. The van der Waals surface area contributed by atoms with Gasteiger partial charge in [-0.05, 0) is 50.5 Å². The third-order valence-corrected chi connectivity index (χ3v) is 9.14. The Kier molecular flexibility index (Phi) is 5.45. The van der Waals surface area contributed by atoms with Crippen LogP contribution in [-0.2, 0) is 19.9 Å². The average molecular weight is 453 g/mol. The van der Waals surface area contributed by atoms with Crippen molar-refractivity contribution in [1.82, 2.24) is 14.1 Å². The van der Waals surface area contributed by atoms with Crippen molar-refractivity contribution in [1.29, 1.82) is 0 Å². The Morgan fingerprint density at radius 2 is 1.83 bits per heavy atom. The van der Waals surface area contributed by atoms with Crippen LogP contribution < -0.4 is 5.32 Å². The molecule has 9 nitrogen and oxygen atoms in total. The number of sulfone groups is 1. The zero-order chi connectivity index (χ0) is 21.5. The smallest absolute Gasteiger partial charge is 0.256 e. The number of hydrogen-bond donors (Lipinski definition) is 1. The molecule has 2 saturated heterocycles. The number of carbonyl (C=O) groups is 1. The molecule has 0 bridgehead atoms. The minimum atomic E-state index is -3.53. The van der Waals surface area contributed by atoms with Crippen LogP contribution in [0.25, 0.3) is 0 Å². The van der Waals surface area contributed by atoms with E-state index in [0.717, 1.165) is 12.8 Å². The number of carbonyl (C=O) groups excluding carboxylic acids is 1. The first-order chi connectivity index (χ1) is 14.2. The molecule has 0 spiro atoms. The molecule has 2 aromatic rings. The van der Waals surface area contributed by atoms with E-state index in [1.54, 1.807) is 17.7 Å². The van der Waals surface area contributed by atoms with E-state index in [9.17, 15) is 21.6 Å². The van der Waals surface area contributed by atoms with Crippen LogP contribution in [0.15, 0.2) is 35.2 Å². The minimum absolute atomic E-state index is 0.0000466. The van der Waals surface area contributed by atoms with Gasteiger partial charge in [-0.3, -0.25) is 4.79 Å². The minimum Gasteiger partial charge on any atom is -0.307 e. The van der Waals surface area contributed by atoms with E-state index in [0.29, 0.717) is 36.6 Å². The second-order valence-electron chi connectivity index (χ2n) is 7.76. The van der Waals surface area contributed by atoms with Gasteiger partial charge in [-0.1, -0.05) is 0 Å². The highest BCUT2D eigenvalue weighted by atomic mass is 32.2. The number of aromatic nitrogens is 2. The SMILES string of the molecule is Cc1cc(NC(=O)c2ccc(S(=O)(=O)N3CCCC3)cc2)n(C2CCS(=O)(=O)C2)n1. The van der Waals surface area contributed by atoms with Gasteiger partial charge >= 0.3 is 0 Å². The van der Waals surface area contributed by atoms with Crippen molar-refractivity contribution < 1.29 is 21.6 Å². The van der Waals surface area contributed by atoms with Crippen LogP contribution in [0, 0.1) is 6.92 Å². The van der Waals surface area contributed by atoms with Crippen molar-refractivity contribution >= 4 is 31.6 Å². The summed E-state index contributed by atoms with van der Waals surface area (Å²) < 4.78 is 51.9. The van der Waals surface area contributed by atoms with E-state index in [2.05, 4.69) is 10.4 Å². The second-order valence-corrected chi connectivity index (χ2v) is 11.9. The van der Waals surface area contributed by atoms with Gasteiger partial charge in [0.05, 0.1) is 28.1 Å². The molecule has 1 atom stereocenters. The number of nitrogens with zero attached hydrogens (tertiary/aromatic N) is 3. The Morgan fingerprint density at radius 1 is 1.17 bits per heavy atom. The van der Waals surface area contributed by atoms with Gasteiger partial charge in [-0.15, -0.1) is 0 Å². The molecule has 2 aliphatic rings. The summed E-state index contributed by atoms with van der Waals surface area (Å²) in [5, 5.41) is 7.12. The Balaban J connectivity index is 1.51. The predicted octanol–water partition coefficient (Wildman–Crippen LogP) is 1.59. The summed E-state index contributed by atoms with van der Waals surface area (Å²) in [6, 6.07) is 7.21. The van der Waals surface area contributed by atoms with Gasteiger partial charge in [-0.25, -0.2) is 21.5 Å². The molecule has 1 unspecified atom stereocenters. The van der Waals surface area contributed by atoms with Gasteiger partial charge < -0.3 is 5.32 Å². The lowest BCUT2D eigenvalue weighted by Gasteiger charge is -2.16. The second kappa shape index (κ2) is 7.78. The molecule has 30 heavy (non-hydrogen) atoms. The molecule has 0 saturated carbocycles. The molecule has 4 rings (SSSR count). The Labute approximate surface area is 176 Å². The van der Waals surface area contributed by atoms with Crippen molar-refractivity contribution in [3.63, 3.8) is 0 Å². The summed E-state index contributed by atoms with van der Waals surface area (Å²) in [7, 11) is -6.63.